The molecule has 5 heteroatoms. The molecule has 0 heterocycles. The highest BCUT2D eigenvalue weighted by Gasteiger charge is 1.95. The molecule has 31 heavy (non-hydrogen) atoms. The van der Waals surface area contributed by atoms with Crippen molar-refractivity contribution in [2.75, 3.05) is 13.6 Å². The average Bonchev–Trinajstić information content (AvgIpc) is 2.83. The molecule has 0 spiro atoms. The monoisotopic (exact) mass is 526 g/mol. The SMILES string of the molecule is Ic1ccc(OCOc2ccccc2)cc1.c1ccc(OCOc2ccccc2)cc1. The highest BCUT2D eigenvalue weighted by Crippen LogP contribution is 2.15. The Labute approximate surface area is 196 Å². The van der Waals surface area contributed by atoms with Crippen molar-refractivity contribution < 1.29 is 18.9 Å². The van der Waals surface area contributed by atoms with Crippen LogP contribution in [0.15, 0.2) is 115 Å². The number of para-hydroxylation sites is 3. The number of hydrogen-bond donors (Lipinski definition) is 0. The van der Waals surface area contributed by atoms with Gasteiger partial charge >= 0.3 is 0 Å². The van der Waals surface area contributed by atoms with Crippen LogP contribution in [0.4, 0.5) is 0 Å². The number of rotatable bonds is 8. The van der Waals surface area contributed by atoms with Crippen molar-refractivity contribution in [2.45, 2.75) is 0 Å². The van der Waals surface area contributed by atoms with Crippen LogP contribution in [-0.4, -0.2) is 13.6 Å². The van der Waals surface area contributed by atoms with Crippen LogP contribution in [-0.2, 0) is 0 Å². The molecule has 158 valence electrons. The number of ether oxygens (including phenoxy) is 4. The van der Waals surface area contributed by atoms with Gasteiger partial charge < -0.3 is 18.9 Å². The molecule has 0 radical (unpaired) electrons. The zero-order chi connectivity index (χ0) is 21.6. The molecule has 4 nitrogen and oxygen atoms in total. The zero-order valence-corrected chi connectivity index (χ0v) is 19.1. The van der Waals surface area contributed by atoms with Gasteiger partial charge in [-0.05, 0) is 83.3 Å². The van der Waals surface area contributed by atoms with Crippen LogP contribution in [0.3, 0.4) is 0 Å². The molecule has 0 saturated carbocycles. The van der Waals surface area contributed by atoms with Crippen LogP contribution in [0.1, 0.15) is 0 Å². The highest BCUT2D eigenvalue weighted by molar-refractivity contribution is 14.1. The lowest BCUT2D eigenvalue weighted by Gasteiger charge is -2.08. The van der Waals surface area contributed by atoms with E-state index in [4.69, 9.17) is 18.9 Å². The first-order valence-corrected chi connectivity index (χ1v) is 10.8. The van der Waals surface area contributed by atoms with Gasteiger partial charge in [0, 0.05) is 3.57 Å². The topological polar surface area (TPSA) is 36.9 Å². The summed E-state index contributed by atoms with van der Waals surface area (Å²) in [5, 5.41) is 0. The summed E-state index contributed by atoms with van der Waals surface area (Å²) in [5.41, 5.74) is 0. The molecule has 4 rings (SSSR count). The second-order valence-electron chi connectivity index (χ2n) is 6.21. The smallest absolute Gasteiger partial charge is 0.230 e. The third-order valence-corrected chi connectivity index (χ3v) is 4.66. The molecule has 0 fully saturated rings. The van der Waals surface area contributed by atoms with E-state index < -0.39 is 0 Å². The Balaban J connectivity index is 0.000000176. The van der Waals surface area contributed by atoms with E-state index in [1.54, 1.807) is 0 Å². The lowest BCUT2D eigenvalue weighted by atomic mass is 10.3. The molecule has 0 aromatic heterocycles. The summed E-state index contributed by atoms with van der Waals surface area (Å²) in [6, 6.07) is 36.7. The minimum atomic E-state index is 0.227. The molecular weight excluding hydrogens is 503 g/mol. The normalized spacial score (nSPS) is 9.71. The van der Waals surface area contributed by atoms with Gasteiger partial charge in [-0.2, -0.15) is 0 Å². The van der Waals surface area contributed by atoms with Crippen molar-refractivity contribution in [3.63, 3.8) is 0 Å². The minimum absolute atomic E-state index is 0.227. The number of benzene rings is 4. The fourth-order valence-electron chi connectivity index (χ4n) is 2.41. The van der Waals surface area contributed by atoms with Gasteiger partial charge in [0.1, 0.15) is 23.0 Å². The molecular formula is C26H23IO4. The summed E-state index contributed by atoms with van der Waals surface area (Å²) in [7, 11) is 0. The van der Waals surface area contributed by atoms with E-state index in [-0.39, 0.29) is 13.6 Å². The van der Waals surface area contributed by atoms with Crippen LogP contribution in [0.25, 0.3) is 0 Å². The highest BCUT2D eigenvalue weighted by atomic mass is 127. The molecule has 0 bridgehead atoms. The van der Waals surface area contributed by atoms with Crippen LogP contribution < -0.4 is 18.9 Å². The van der Waals surface area contributed by atoms with Crippen LogP contribution in [0, 0.1) is 3.57 Å². The number of hydrogen-bond acceptors (Lipinski definition) is 4. The second kappa shape index (κ2) is 13.2. The Bertz CT molecular complexity index is 939. The van der Waals surface area contributed by atoms with Crippen molar-refractivity contribution in [3.05, 3.63) is 119 Å². The van der Waals surface area contributed by atoms with Gasteiger partial charge in [-0.25, -0.2) is 0 Å². The Hall–Kier alpha value is -3.19. The largest absolute Gasteiger partial charge is 0.458 e. The minimum Gasteiger partial charge on any atom is -0.458 e. The van der Waals surface area contributed by atoms with Gasteiger partial charge in [-0.15, -0.1) is 0 Å². The van der Waals surface area contributed by atoms with Crippen molar-refractivity contribution >= 4 is 22.6 Å². The van der Waals surface area contributed by atoms with Gasteiger partial charge in [0.15, 0.2) is 0 Å². The van der Waals surface area contributed by atoms with Crippen LogP contribution in [0.5, 0.6) is 23.0 Å². The first kappa shape index (κ1) is 22.5. The Morgan fingerprint density at radius 3 is 1.00 bits per heavy atom. The molecule has 0 aliphatic carbocycles. The summed E-state index contributed by atoms with van der Waals surface area (Å²) in [5.74, 6) is 3.26. The molecule has 0 unspecified atom stereocenters. The fraction of sp³-hybridized carbons (Fsp3) is 0.0769. The summed E-state index contributed by atoms with van der Waals surface area (Å²) in [4.78, 5) is 0. The first-order valence-electron chi connectivity index (χ1n) is 9.71. The van der Waals surface area contributed by atoms with E-state index in [9.17, 15) is 0 Å². The lowest BCUT2D eigenvalue weighted by molar-refractivity contribution is 0.119. The number of halogens is 1. The maximum Gasteiger partial charge on any atom is 0.230 e. The van der Waals surface area contributed by atoms with E-state index in [2.05, 4.69) is 22.6 Å². The Kier molecular flexibility index (Phi) is 9.56. The third kappa shape index (κ3) is 9.00. The van der Waals surface area contributed by atoms with Gasteiger partial charge in [0.25, 0.3) is 0 Å². The maximum absolute atomic E-state index is 5.44. The van der Waals surface area contributed by atoms with Crippen molar-refractivity contribution in [2.24, 2.45) is 0 Å². The van der Waals surface area contributed by atoms with Crippen LogP contribution in [0.2, 0.25) is 0 Å². The lowest BCUT2D eigenvalue weighted by Crippen LogP contribution is -2.05. The third-order valence-electron chi connectivity index (χ3n) is 3.95. The maximum atomic E-state index is 5.44. The van der Waals surface area contributed by atoms with Crippen molar-refractivity contribution in [3.8, 4) is 23.0 Å². The molecule has 0 aliphatic heterocycles. The van der Waals surface area contributed by atoms with E-state index in [1.807, 2.05) is 115 Å². The van der Waals surface area contributed by atoms with Gasteiger partial charge in [-0.1, -0.05) is 54.6 Å². The Morgan fingerprint density at radius 2 is 0.677 bits per heavy atom. The van der Waals surface area contributed by atoms with Crippen LogP contribution >= 0.6 is 22.6 Å². The van der Waals surface area contributed by atoms with Crippen molar-refractivity contribution in [1.82, 2.24) is 0 Å². The van der Waals surface area contributed by atoms with E-state index in [0.29, 0.717) is 0 Å². The predicted molar refractivity (Wildman–Crippen MR) is 131 cm³/mol. The second-order valence-corrected chi connectivity index (χ2v) is 7.45. The molecule has 0 atom stereocenters. The predicted octanol–water partition coefficient (Wildman–Crippen LogP) is 6.81. The summed E-state index contributed by atoms with van der Waals surface area (Å²) in [6.45, 7) is 0.457. The average molecular weight is 526 g/mol. The standard InChI is InChI=1S/C13H11IO2.C13H12O2/c14-11-6-8-13(9-7-11)16-10-15-12-4-2-1-3-5-12;1-3-7-12(8-4-1)14-11-15-13-9-5-2-6-10-13/h1-9H,10H2;1-10H,11H2. The summed E-state index contributed by atoms with van der Waals surface area (Å²) in [6.07, 6.45) is 0. The molecule has 4 aromatic carbocycles. The van der Waals surface area contributed by atoms with E-state index >= 15 is 0 Å². The zero-order valence-electron chi connectivity index (χ0n) is 16.9. The molecule has 0 N–H and O–H groups in total. The quantitative estimate of drug-likeness (QED) is 0.187. The van der Waals surface area contributed by atoms with Gasteiger partial charge in [0.05, 0.1) is 0 Å². The molecule has 0 aliphatic rings. The van der Waals surface area contributed by atoms with Crippen molar-refractivity contribution in [1.29, 1.82) is 0 Å². The summed E-state index contributed by atoms with van der Waals surface area (Å²) >= 11 is 2.26. The molecule has 0 saturated heterocycles. The van der Waals surface area contributed by atoms with Gasteiger partial charge in [-0.3, -0.25) is 0 Å². The molecule has 4 aromatic rings. The fourth-order valence-corrected chi connectivity index (χ4v) is 2.77. The van der Waals surface area contributed by atoms with E-state index in [0.717, 1.165) is 23.0 Å². The first-order chi connectivity index (χ1) is 15.3. The molecule has 0 amide bonds. The Morgan fingerprint density at radius 1 is 0.387 bits per heavy atom. The van der Waals surface area contributed by atoms with E-state index in [1.165, 1.54) is 3.57 Å². The summed E-state index contributed by atoms with van der Waals surface area (Å²) < 4.78 is 22.8. The van der Waals surface area contributed by atoms with Gasteiger partial charge in [0.2, 0.25) is 13.6 Å².